The van der Waals surface area contributed by atoms with E-state index in [9.17, 15) is 0 Å². The number of aliphatic imine (C=N–C) groups is 1. The number of nitrogens with zero attached hydrogens (tertiary/aromatic N) is 3. The molecule has 4 nitrogen and oxygen atoms in total. The number of halogens is 1. The van der Waals surface area contributed by atoms with Gasteiger partial charge in [0.1, 0.15) is 6.10 Å². The van der Waals surface area contributed by atoms with Gasteiger partial charge in [-0.2, -0.15) is 0 Å². The summed E-state index contributed by atoms with van der Waals surface area (Å²) in [5.74, 6) is 0.563. The molecule has 0 spiro atoms. The molecule has 1 aromatic heterocycles. The number of aromatic nitrogens is 1. The van der Waals surface area contributed by atoms with Gasteiger partial charge in [-0.15, -0.1) is 0 Å². The summed E-state index contributed by atoms with van der Waals surface area (Å²) in [6.45, 7) is 10.5. The fourth-order valence-corrected chi connectivity index (χ4v) is 1.63. The van der Waals surface area contributed by atoms with Crippen molar-refractivity contribution in [2.45, 2.75) is 26.9 Å². The zero-order valence-corrected chi connectivity index (χ0v) is 13.4. The van der Waals surface area contributed by atoms with Gasteiger partial charge < -0.3 is 9.64 Å². The Bertz CT molecular complexity index is 474. The van der Waals surface area contributed by atoms with Gasteiger partial charge in [0.25, 0.3) is 0 Å². The molecule has 5 heteroatoms. The topological polar surface area (TPSA) is 37.7 Å². The number of hydrogen-bond donors (Lipinski definition) is 0. The molecule has 1 aromatic rings. The minimum Gasteiger partial charge on any atom is -0.470 e. The Morgan fingerprint density at radius 3 is 2.89 bits per heavy atom. The van der Waals surface area contributed by atoms with Crippen LogP contribution in [-0.2, 0) is 0 Å². The Balaban J connectivity index is 2.96. The van der Waals surface area contributed by atoms with Crippen LogP contribution in [0.4, 0.5) is 5.69 Å². The minimum absolute atomic E-state index is 0.0798. The maximum atomic E-state index is 5.64. The van der Waals surface area contributed by atoms with Crippen molar-refractivity contribution in [3.8, 4) is 5.88 Å². The van der Waals surface area contributed by atoms with Gasteiger partial charge in [0.05, 0.1) is 22.2 Å². The largest absolute Gasteiger partial charge is 0.470 e. The van der Waals surface area contributed by atoms with Crippen molar-refractivity contribution in [1.29, 1.82) is 0 Å². The lowest BCUT2D eigenvalue weighted by Gasteiger charge is -2.13. The molecule has 1 atom stereocenters. The fraction of sp³-hybridized carbons (Fsp3) is 0.429. The summed E-state index contributed by atoms with van der Waals surface area (Å²) in [7, 11) is 1.98. The van der Waals surface area contributed by atoms with Crippen LogP contribution in [-0.4, -0.2) is 35.9 Å². The van der Waals surface area contributed by atoms with E-state index in [-0.39, 0.29) is 6.10 Å². The van der Waals surface area contributed by atoms with Crippen LogP contribution in [0.25, 0.3) is 0 Å². The normalized spacial score (nSPS) is 12.5. The first-order valence-electron chi connectivity index (χ1n) is 6.18. The number of hydrogen-bond acceptors (Lipinski definition) is 3. The summed E-state index contributed by atoms with van der Waals surface area (Å²) >= 11 is 3.45. The number of pyridine rings is 1. The summed E-state index contributed by atoms with van der Waals surface area (Å²) in [6, 6.07) is 1.91. The second-order valence-electron chi connectivity index (χ2n) is 4.26. The maximum absolute atomic E-state index is 5.64. The van der Waals surface area contributed by atoms with E-state index in [0.717, 1.165) is 22.4 Å². The van der Waals surface area contributed by atoms with Crippen LogP contribution < -0.4 is 4.74 Å². The molecule has 104 valence electrons. The Kier molecular flexibility index (Phi) is 6.02. The third kappa shape index (κ3) is 4.67. The molecule has 1 heterocycles. The predicted octanol–water partition coefficient (Wildman–Crippen LogP) is 3.72. The van der Waals surface area contributed by atoms with Gasteiger partial charge in [-0.05, 0) is 42.8 Å². The van der Waals surface area contributed by atoms with Crippen molar-refractivity contribution in [3.63, 3.8) is 0 Å². The smallest absolute Gasteiger partial charge is 0.228 e. The second-order valence-corrected chi connectivity index (χ2v) is 5.11. The van der Waals surface area contributed by atoms with Gasteiger partial charge in [-0.3, -0.25) is 0 Å². The van der Waals surface area contributed by atoms with Gasteiger partial charge >= 0.3 is 0 Å². The van der Waals surface area contributed by atoms with Gasteiger partial charge in [-0.25, -0.2) is 9.98 Å². The van der Waals surface area contributed by atoms with Crippen molar-refractivity contribution >= 4 is 28.0 Å². The van der Waals surface area contributed by atoms with E-state index >= 15 is 0 Å². The third-order valence-corrected chi connectivity index (χ3v) is 3.20. The molecule has 0 aliphatic rings. The highest BCUT2D eigenvalue weighted by Crippen LogP contribution is 2.30. The SMILES string of the molecule is C=CC(C)Oc1nc(C)c(N=CN(C)CC)cc1Br. The summed E-state index contributed by atoms with van der Waals surface area (Å²) in [5.41, 5.74) is 1.65. The van der Waals surface area contributed by atoms with E-state index in [2.05, 4.69) is 39.4 Å². The van der Waals surface area contributed by atoms with Gasteiger partial charge in [0.15, 0.2) is 0 Å². The first kappa shape index (κ1) is 15.7. The van der Waals surface area contributed by atoms with Gasteiger partial charge in [0.2, 0.25) is 5.88 Å². The van der Waals surface area contributed by atoms with E-state index in [4.69, 9.17) is 4.74 Å². The lowest BCUT2D eigenvalue weighted by atomic mass is 10.3. The second kappa shape index (κ2) is 7.28. The molecule has 1 rings (SSSR count). The molecule has 0 saturated carbocycles. The zero-order chi connectivity index (χ0) is 14.4. The lowest BCUT2D eigenvalue weighted by molar-refractivity contribution is 0.257. The fourth-order valence-electron chi connectivity index (χ4n) is 1.23. The number of ether oxygens (including phenoxy) is 1. The maximum Gasteiger partial charge on any atom is 0.228 e. The van der Waals surface area contributed by atoms with E-state index in [1.54, 1.807) is 12.4 Å². The molecule has 0 bridgehead atoms. The van der Waals surface area contributed by atoms with E-state index < -0.39 is 0 Å². The molecule has 0 aliphatic carbocycles. The standard InChI is InChI=1S/C14H20BrN3O/c1-6-10(3)19-14-12(15)8-13(11(4)17-14)16-9-18(5)7-2/h6,8-10H,1,7H2,2-5H3. The van der Waals surface area contributed by atoms with Crippen molar-refractivity contribution in [2.24, 2.45) is 4.99 Å². The third-order valence-electron chi connectivity index (χ3n) is 2.63. The lowest BCUT2D eigenvalue weighted by Crippen LogP contribution is -2.14. The quantitative estimate of drug-likeness (QED) is 0.454. The van der Waals surface area contributed by atoms with Crippen LogP contribution in [0.1, 0.15) is 19.5 Å². The molecule has 0 saturated heterocycles. The van der Waals surface area contributed by atoms with Crippen molar-refractivity contribution in [1.82, 2.24) is 9.88 Å². The highest BCUT2D eigenvalue weighted by Gasteiger charge is 2.10. The molecule has 19 heavy (non-hydrogen) atoms. The van der Waals surface area contributed by atoms with Crippen LogP contribution in [0.2, 0.25) is 0 Å². The predicted molar refractivity (Wildman–Crippen MR) is 83.4 cm³/mol. The molecular weight excluding hydrogens is 306 g/mol. The number of rotatable bonds is 6. The van der Waals surface area contributed by atoms with Crippen molar-refractivity contribution in [2.75, 3.05) is 13.6 Å². The number of aryl methyl sites for hydroxylation is 1. The van der Waals surface area contributed by atoms with E-state index in [0.29, 0.717) is 5.88 Å². The highest BCUT2D eigenvalue weighted by atomic mass is 79.9. The van der Waals surface area contributed by atoms with Crippen LogP contribution in [0.15, 0.2) is 28.2 Å². The van der Waals surface area contributed by atoms with Crippen molar-refractivity contribution < 1.29 is 4.74 Å². The molecular formula is C14H20BrN3O. The Morgan fingerprint density at radius 1 is 1.63 bits per heavy atom. The monoisotopic (exact) mass is 325 g/mol. The van der Waals surface area contributed by atoms with Crippen LogP contribution in [0, 0.1) is 6.92 Å². The molecule has 0 aliphatic heterocycles. The Hall–Kier alpha value is -1.36. The van der Waals surface area contributed by atoms with E-state index in [1.165, 1.54) is 0 Å². The summed E-state index contributed by atoms with van der Waals surface area (Å²) < 4.78 is 6.43. The summed E-state index contributed by atoms with van der Waals surface area (Å²) in [6.07, 6.45) is 3.44. The van der Waals surface area contributed by atoms with Crippen LogP contribution in [0.5, 0.6) is 5.88 Å². The van der Waals surface area contributed by atoms with Crippen molar-refractivity contribution in [3.05, 3.63) is 28.9 Å². The van der Waals surface area contributed by atoms with Gasteiger partial charge in [0, 0.05) is 13.6 Å². The average Bonchev–Trinajstić information content (AvgIpc) is 2.40. The molecule has 0 aromatic carbocycles. The minimum atomic E-state index is -0.0798. The van der Waals surface area contributed by atoms with Gasteiger partial charge in [-0.1, -0.05) is 12.7 Å². The Labute approximate surface area is 123 Å². The Morgan fingerprint density at radius 2 is 2.32 bits per heavy atom. The first-order chi connectivity index (χ1) is 8.97. The van der Waals surface area contributed by atoms with E-state index in [1.807, 2.05) is 31.9 Å². The molecule has 0 N–H and O–H groups in total. The average molecular weight is 326 g/mol. The summed E-state index contributed by atoms with van der Waals surface area (Å²) in [5, 5.41) is 0. The molecule has 1 unspecified atom stereocenters. The first-order valence-corrected chi connectivity index (χ1v) is 6.98. The molecule has 0 radical (unpaired) electrons. The summed E-state index contributed by atoms with van der Waals surface area (Å²) in [4.78, 5) is 10.8. The highest BCUT2D eigenvalue weighted by molar-refractivity contribution is 9.10. The molecule has 0 amide bonds. The van der Waals surface area contributed by atoms with Crippen LogP contribution in [0.3, 0.4) is 0 Å². The zero-order valence-electron chi connectivity index (χ0n) is 11.9. The van der Waals surface area contributed by atoms with Crippen LogP contribution >= 0.6 is 15.9 Å². The molecule has 0 fully saturated rings.